The molecular weight excluding hydrogens is 260 g/mol. The third kappa shape index (κ3) is 3.50. The largest absolute Gasteiger partial charge is 0.327 e. The van der Waals surface area contributed by atoms with Crippen LogP contribution in [0.25, 0.3) is 5.69 Å². The monoisotopic (exact) mass is 286 g/mol. The van der Waals surface area contributed by atoms with Crippen LogP contribution >= 0.6 is 0 Å². The molecule has 0 radical (unpaired) electrons. The molecule has 2 aromatic rings. The Bertz CT molecular complexity index is 601. The van der Waals surface area contributed by atoms with Gasteiger partial charge in [-0.25, -0.2) is 9.67 Å². The lowest BCUT2D eigenvalue weighted by atomic mass is 10.0. The summed E-state index contributed by atoms with van der Waals surface area (Å²) in [4.78, 5) is 4.60. The van der Waals surface area contributed by atoms with Crippen LogP contribution in [-0.4, -0.2) is 20.8 Å². The molecule has 4 nitrogen and oxygen atoms in total. The van der Waals surface area contributed by atoms with Crippen LogP contribution in [0.2, 0.25) is 0 Å². The SMILES string of the molecule is CCc1nc(CC)n(-c2cc(CC(N)CC)ccc2C)n1. The summed E-state index contributed by atoms with van der Waals surface area (Å²) in [5.41, 5.74) is 9.68. The van der Waals surface area contributed by atoms with Crippen molar-refractivity contribution in [2.75, 3.05) is 0 Å². The van der Waals surface area contributed by atoms with Crippen molar-refractivity contribution in [2.45, 2.75) is 59.4 Å². The van der Waals surface area contributed by atoms with Crippen molar-refractivity contribution < 1.29 is 0 Å². The van der Waals surface area contributed by atoms with Gasteiger partial charge in [0.05, 0.1) is 5.69 Å². The van der Waals surface area contributed by atoms with Gasteiger partial charge in [0, 0.05) is 18.9 Å². The van der Waals surface area contributed by atoms with Crippen molar-refractivity contribution in [3.8, 4) is 5.69 Å². The van der Waals surface area contributed by atoms with Crippen LogP contribution in [0.15, 0.2) is 18.2 Å². The average Bonchev–Trinajstić information content (AvgIpc) is 2.92. The summed E-state index contributed by atoms with van der Waals surface area (Å²) < 4.78 is 2.00. The molecule has 0 saturated carbocycles. The highest BCUT2D eigenvalue weighted by Crippen LogP contribution is 2.19. The van der Waals surface area contributed by atoms with Crippen LogP contribution in [0.3, 0.4) is 0 Å². The van der Waals surface area contributed by atoms with Gasteiger partial charge < -0.3 is 5.73 Å². The molecule has 114 valence electrons. The molecule has 0 aliphatic rings. The lowest BCUT2D eigenvalue weighted by Gasteiger charge is -2.13. The summed E-state index contributed by atoms with van der Waals surface area (Å²) in [7, 11) is 0. The summed E-state index contributed by atoms with van der Waals surface area (Å²) in [5, 5.41) is 4.65. The molecule has 2 rings (SSSR count). The second kappa shape index (κ2) is 6.85. The predicted octanol–water partition coefficient (Wildman–Crippen LogP) is 2.98. The summed E-state index contributed by atoms with van der Waals surface area (Å²) >= 11 is 0. The van der Waals surface area contributed by atoms with Crippen molar-refractivity contribution in [1.29, 1.82) is 0 Å². The van der Waals surface area contributed by atoms with Crippen LogP contribution in [0, 0.1) is 6.92 Å². The number of hydrogen-bond donors (Lipinski definition) is 1. The highest BCUT2D eigenvalue weighted by molar-refractivity contribution is 5.43. The molecule has 0 bridgehead atoms. The topological polar surface area (TPSA) is 56.7 Å². The van der Waals surface area contributed by atoms with Gasteiger partial charge >= 0.3 is 0 Å². The molecule has 4 heteroatoms. The van der Waals surface area contributed by atoms with E-state index in [1.807, 2.05) is 4.68 Å². The first kappa shape index (κ1) is 15.7. The van der Waals surface area contributed by atoms with Crippen molar-refractivity contribution in [3.63, 3.8) is 0 Å². The third-order valence-electron chi connectivity index (χ3n) is 3.87. The van der Waals surface area contributed by atoms with Crippen LogP contribution < -0.4 is 5.73 Å². The molecular formula is C17H26N4. The summed E-state index contributed by atoms with van der Waals surface area (Å²) in [5.74, 6) is 1.92. The Morgan fingerprint density at radius 3 is 2.57 bits per heavy atom. The van der Waals surface area contributed by atoms with E-state index in [-0.39, 0.29) is 6.04 Å². The molecule has 0 aliphatic heterocycles. The lowest BCUT2D eigenvalue weighted by Crippen LogP contribution is -2.21. The number of aromatic nitrogens is 3. The standard InChI is InChI=1S/C17H26N4/c1-5-14(18)10-13-9-8-12(4)15(11-13)21-17(7-3)19-16(6-2)20-21/h8-9,11,14H,5-7,10,18H2,1-4H3. The van der Waals surface area contributed by atoms with E-state index in [9.17, 15) is 0 Å². The van der Waals surface area contributed by atoms with Gasteiger partial charge in [-0.05, 0) is 37.0 Å². The first-order valence-electron chi connectivity index (χ1n) is 7.89. The minimum absolute atomic E-state index is 0.216. The Labute approximate surface area is 127 Å². The average molecular weight is 286 g/mol. The zero-order chi connectivity index (χ0) is 15.4. The van der Waals surface area contributed by atoms with Crippen LogP contribution in [0.5, 0.6) is 0 Å². The van der Waals surface area contributed by atoms with Gasteiger partial charge in [0.2, 0.25) is 0 Å². The number of benzene rings is 1. The van der Waals surface area contributed by atoms with E-state index in [0.717, 1.165) is 43.0 Å². The maximum absolute atomic E-state index is 6.08. The quantitative estimate of drug-likeness (QED) is 0.888. The van der Waals surface area contributed by atoms with Crippen LogP contribution in [0.4, 0.5) is 0 Å². The Kier molecular flexibility index (Phi) is 5.12. The number of hydrogen-bond acceptors (Lipinski definition) is 3. The van der Waals surface area contributed by atoms with E-state index in [2.05, 4.69) is 56.0 Å². The molecule has 1 atom stereocenters. The molecule has 0 amide bonds. The van der Waals surface area contributed by atoms with E-state index in [1.165, 1.54) is 11.1 Å². The molecule has 0 saturated heterocycles. The summed E-state index contributed by atoms with van der Waals surface area (Å²) in [6.45, 7) is 8.44. The van der Waals surface area contributed by atoms with Crippen molar-refractivity contribution in [3.05, 3.63) is 41.0 Å². The minimum Gasteiger partial charge on any atom is -0.327 e. The van der Waals surface area contributed by atoms with Crippen molar-refractivity contribution >= 4 is 0 Å². The second-order valence-electron chi connectivity index (χ2n) is 5.56. The highest BCUT2D eigenvalue weighted by Gasteiger charge is 2.12. The second-order valence-corrected chi connectivity index (χ2v) is 5.56. The lowest BCUT2D eigenvalue weighted by molar-refractivity contribution is 0.645. The molecule has 0 fully saturated rings. The maximum Gasteiger partial charge on any atom is 0.151 e. The molecule has 0 aliphatic carbocycles. The molecule has 1 aromatic heterocycles. The first-order valence-corrected chi connectivity index (χ1v) is 7.89. The van der Waals surface area contributed by atoms with Gasteiger partial charge in [0.1, 0.15) is 5.82 Å². The molecule has 21 heavy (non-hydrogen) atoms. The van der Waals surface area contributed by atoms with E-state index in [1.54, 1.807) is 0 Å². The van der Waals surface area contributed by atoms with Crippen molar-refractivity contribution in [1.82, 2.24) is 14.8 Å². The predicted molar refractivity (Wildman–Crippen MR) is 86.8 cm³/mol. The zero-order valence-corrected chi connectivity index (χ0v) is 13.6. The minimum atomic E-state index is 0.216. The molecule has 1 unspecified atom stereocenters. The van der Waals surface area contributed by atoms with Gasteiger partial charge in [-0.15, -0.1) is 0 Å². The highest BCUT2D eigenvalue weighted by atomic mass is 15.3. The Morgan fingerprint density at radius 1 is 1.19 bits per heavy atom. The maximum atomic E-state index is 6.08. The fraction of sp³-hybridized carbons (Fsp3) is 0.529. The van der Waals surface area contributed by atoms with Crippen LogP contribution in [0.1, 0.15) is 50.0 Å². The van der Waals surface area contributed by atoms with E-state index < -0.39 is 0 Å². The van der Waals surface area contributed by atoms with E-state index >= 15 is 0 Å². The van der Waals surface area contributed by atoms with Gasteiger partial charge in [0.25, 0.3) is 0 Å². The first-order chi connectivity index (χ1) is 10.1. The van der Waals surface area contributed by atoms with Crippen molar-refractivity contribution in [2.24, 2.45) is 5.73 Å². The molecule has 1 heterocycles. The van der Waals surface area contributed by atoms with E-state index in [0.29, 0.717) is 0 Å². The van der Waals surface area contributed by atoms with Crippen LogP contribution in [-0.2, 0) is 19.3 Å². The molecule has 2 N–H and O–H groups in total. The smallest absolute Gasteiger partial charge is 0.151 e. The zero-order valence-electron chi connectivity index (χ0n) is 13.6. The molecule has 0 spiro atoms. The summed E-state index contributed by atoms with van der Waals surface area (Å²) in [6.07, 6.45) is 3.64. The third-order valence-corrected chi connectivity index (χ3v) is 3.87. The Morgan fingerprint density at radius 2 is 1.95 bits per heavy atom. The number of aryl methyl sites for hydroxylation is 3. The summed E-state index contributed by atoms with van der Waals surface area (Å²) in [6, 6.07) is 6.74. The normalized spacial score (nSPS) is 12.6. The number of nitrogens with zero attached hydrogens (tertiary/aromatic N) is 3. The Hall–Kier alpha value is -1.68. The van der Waals surface area contributed by atoms with Gasteiger partial charge in [0.15, 0.2) is 5.82 Å². The fourth-order valence-electron chi connectivity index (χ4n) is 2.42. The van der Waals surface area contributed by atoms with Gasteiger partial charge in [-0.2, -0.15) is 5.10 Å². The number of nitrogens with two attached hydrogens (primary N) is 1. The van der Waals surface area contributed by atoms with Gasteiger partial charge in [-0.1, -0.05) is 32.9 Å². The molecule has 1 aromatic carbocycles. The Balaban J connectivity index is 2.42. The number of rotatable bonds is 6. The van der Waals surface area contributed by atoms with Gasteiger partial charge in [-0.3, -0.25) is 0 Å². The fourth-order valence-corrected chi connectivity index (χ4v) is 2.42. The van der Waals surface area contributed by atoms with E-state index in [4.69, 9.17) is 5.73 Å².